The van der Waals surface area contributed by atoms with Gasteiger partial charge in [-0.2, -0.15) is 0 Å². The van der Waals surface area contributed by atoms with Gasteiger partial charge < -0.3 is 10.5 Å². The average molecular weight is 291 g/mol. The number of nitrogens with two attached hydrogens (primary N) is 1. The molecule has 0 spiro atoms. The van der Waals surface area contributed by atoms with Gasteiger partial charge in [0.1, 0.15) is 5.75 Å². The molecule has 0 aliphatic carbocycles. The van der Waals surface area contributed by atoms with Crippen molar-refractivity contribution in [2.75, 3.05) is 7.11 Å². The molecule has 0 saturated heterocycles. The van der Waals surface area contributed by atoms with Gasteiger partial charge in [-0.15, -0.1) is 0 Å². The second-order valence-corrected chi connectivity index (χ2v) is 6.10. The lowest BCUT2D eigenvalue weighted by atomic mass is 9.99. The number of ether oxygens (including phenoxy) is 1. The number of aryl methyl sites for hydroxylation is 1. The van der Waals surface area contributed by atoms with E-state index in [1.54, 1.807) is 7.11 Å². The van der Waals surface area contributed by atoms with E-state index in [2.05, 4.69) is 32.0 Å². The molecule has 0 bridgehead atoms. The quantitative estimate of drug-likeness (QED) is 0.544. The molecule has 0 aromatic heterocycles. The average Bonchev–Trinajstić information content (AvgIpc) is 2.50. The number of hydrogen-bond acceptors (Lipinski definition) is 2. The highest BCUT2D eigenvalue weighted by molar-refractivity contribution is 5.37. The molecule has 120 valence electrons. The van der Waals surface area contributed by atoms with E-state index in [-0.39, 0.29) is 6.04 Å². The molecular formula is C19H33NO. The number of hydrogen-bond donors (Lipinski definition) is 1. The van der Waals surface area contributed by atoms with Gasteiger partial charge in [-0.3, -0.25) is 0 Å². The van der Waals surface area contributed by atoms with Crippen LogP contribution in [-0.2, 0) is 0 Å². The van der Waals surface area contributed by atoms with E-state index < -0.39 is 0 Å². The van der Waals surface area contributed by atoms with Crippen LogP contribution >= 0.6 is 0 Å². The minimum absolute atomic E-state index is 0.139. The predicted molar refractivity (Wildman–Crippen MR) is 91.9 cm³/mol. The summed E-state index contributed by atoms with van der Waals surface area (Å²) in [6.07, 6.45) is 11.9. The summed E-state index contributed by atoms with van der Waals surface area (Å²) in [6, 6.07) is 6.46. The fourth-order valence-electron chi connectivity index (χ4n) is 2.73. The van der Waals surface area contributed by atoms with Crippen LogP contribution in [0.1, 0.15) is 81.9 Å². The largest absolute Gasteiger partial charge is 0.496 e. The van der Waals surface area contributed by atoms with Crippen molar-refractivity contribution in [3.63, 3.8) is 0 Å². The minimum Gasteiger partial charge on any atom is -0.496 e. The van der Waals surface area contributed by atoms with Gasteiger partial charge in [0.2, 0.25) is 0 Å². The van der Waals surface area contributed by atoms with Gasteiger partial charge in [-0.1, -0.05) is 70.4 Å². The monoisotopic (exact) mass is 291 g/mol. The Bertz CT molecular complexity index is 389. The Morgan fingerprint density at radius 3 is 2.24 bits per heavy atom. The number of methoxy groups -OCH3 is 1. The maximum atomic E-state index is 6.29. The first-order chi connectivity index (χ1) is 10.2. The van der Waals surface area contributed by atoms with E-state index in [1.807, 2.05) is 0 Å². The van der Waals surface area contributed by atoms with Crippen LogP contribution in [0.2, 0.25) is 0 Å². The van der Waals surface area contributed by atoms with Crippen molar-refractivity contribution in [3.8, 4) is 5.75 Å². The Labute approximate surface area is 131 Å². The van der Waals surface area contributed by atoms with Crippen molar-refractivity contribution in [1.29, 1.82) is 0 Å². The van der Waals surface area contributed by atoms with Crippen molar-refractivity contribution in [3.05, 3.63) is 29.3 Å². The number of benzene rings is 1. The molecule has 1 aromatic carbocycles. The van der Waals surface area contributed by atoms with Crippen LogP contribution in [0.4, 0.5) is 0 Å². The van der Waals surface area contributed by atoms with Gasteiger partial charge in [0.05, 0.1) is 7.11 Å². The van der Waals surface area contributed by atoms with Crippen molar-refractivity contribution >= 4 is 0 Å². The van der Waals surface area contributed by atoms with Crippen LogP contribution in [0.3, 0.4) is 0 Å². The molecule has 1 aromatic rings. The van der Waals surface area contributed by atoms with Crippen LogP contribution in [0.15, 0.2) is 18.2 Å². The summed E-state index contributed by atoms with van der Waals surface area (Å²) in [7, 11) is 1.72. The fraction of sp³-hybridized carbons (Fsp3) is 0.684. The van der Waals surface area contributed by atoms with E-state index in [0.29, 0.717) is 0 Å². The van der Waals surface area contributed by atoms with E-state index in [0.717, 1.165) is 12.2 Å². The molecule has 0 fully saturated rings. The van der Waals surface area contributed by atoms with Crippen molar-refractivity contribution in [1.82, 2.24) is 0 Å². The zero-order valence-electron chi connectivity index (χ0n) is 14.2. The van der Waals surface area contributed by atoms with Crippen LogP contribution in [0, 0.1) is 6.92 Å². The second-order valence-electron chi connectivity index (χ2n) is 6.10. The topological polar surface area (TPSA) is 35.2 Å². The lowest BCUT2D eigenvalue weighted by Crippen LogP contribution is -2.10. The molecule has 0 heterocycles. The molecule has 1 unspecified atom stereocenters. The van der Waals surface area contributed by atoms with E-state index in [4.69, 9.17) is 10.5 Å². The van der Waals surface area contributed by atoms with Crippen LogP contribution in [0.5, 0.6) is 5.75 Å². The van der Waals surface area contributed by atoms with E-state index in [9.17, 15) is 0 Å². The summed E-state index contributed by atoms with van der Waals surface area (Å²) in [5.41, 5.74) is 8.66. The summed E-state index contributed by atoms with van der Waals surface area (Å²) >= 11 is 0. The third-order valence-electron chi connectivity index (χ3n) is 4.23. The summed E-state index contributed by atoms with van der Waals surface area (Å²) in [5.74, 6) is 0.943. The summed E-state index contributed by atoms with van der Waals surface area (Å²) in [4.78, 5) is 0. The van der Waals surface area contributed by atoms with E-state index >= 15 is 0 Å². The third-order valence-corrected chi connectivity index (χ3v) is 4.23. The Morgan fingerprint density at radius 2 is 1.62 bits per heavy atom. The molecule has 2 N–H and O–H groups in total. The molecule has 0 radical (unpaired) electrons. The predicted octanol–water partition coefficient (Wildman–Crippen LogP) is 5.53. The minimum atomic E-state index is 0.139. The third kappa shape index (κ3) is 6.99. The molecule has 21 heavy (non-hydrogen) atoms. The first kappa shape index (κ1) is 18.0. The number of unbranched alkanes of at least 4 members (excludes halogenated alkanes) is 7. The standard InChI is InChI=1S/C19H33NO/c1-4-5-6-7-8-9-10-11-12-18(20)17-14-13-16(2)19(15-17)21-3/h13-15,18H,4-12,20H2,1-3H3. The van der Waals surface area contributed by atoms with Crippen molar-refractivity contribution in [2.24, 2.45) is 5.73 Å². The molecule has 0 aliphatic rings. The zero-order valence-corrected chi connectivity index (χ0v) is 14.2. The van der Waals surface area contributed by atoms with Gasteiger partial charge in [-0.25, -0.2) is 0 Å². The fourth-order valence-corrected chi connectivity index (χ4v) is 2.73. The highest BCUT2D eigenvalue weighted by atomic mass is 16.5. The first-order valence-corrected chi connectivity index (χ1v) is 8.59. The summed E-state index contributed by atoms with van der Waals surface area (Å²) in [6.45, 7) is 4.33. The summed E-state index contributed by atoms with van der Waals surface area (Å²) < 4.78 is 5.37. The van der Waals surface area contributed by atoms with Crippen LogP contribution < -0.4 is 10.5 Å². The molecule has 2 nitrogen and oxygen atoms in total. The van der Waals surface area contributed by atoms with Gasteiger partial charge >= 0.3 is 0 Å². The normalized spacial score (nSPS) is 12.4. The smallest absolute Gasteiger partial charge is 0.122 e. The highest BCUT2D eigenvalue weighted by Gasteiger charge is 2.08. The molecule has 2 heteroatoms. The molecule has 1 rings (SSSR count). The molecular weight excluding hydrogens is 258 g/mol. The molecule has 0 amide bonds. The lowest BCUT2D eigenvalue weighted by Gasteiger charge is -2.14. The zero-order chi connectivity index (χ0) is 15.5. The SMILES string of the molecule is CCCCCCCCCCC(N)c1ccc(C)c(OC)c1. The molecule has 0 saturated carbocycles. The van der Waals surface area contributed by atoms with Gasteiger partial charge in [0.15, 0.2) is 0 Å². The second kappa shape index (κ2) is 10.7. The summed E-state index contributed by atoms with van der Waals surface area (Å²) in [5, 5.41) is 0. The van der Waals surface area contributed by atoms with Gasteiger partial charge in [0.25, 0.3) is 0 Å². The van der Waals surface area contributed by atoms with Crippen molar-refractivity contribution in [2.45, 2.75) is 77.7 Å². The van der Waals surface area contributed by atoms with Crippen molar-refractivity contribution < 1.29 is 4.74 Å². The molecule has 1 atom stereocenters. The highest BCUT2D eigenvalue weighted by Crippen LogP contribution is 2.25. The Balaban J connectivity index is 2.20. The van der Waals surface area contributed by atoms with Gasteiger partial charge in [-0.05, 0) is 30.5 Å². The number of rotatable bonds is 11. The van der Waals surface area contributed by atoms with Crippen LogP contribution in [-0.4, -0.2) is 7.11 Å². The maximum Gasteiger partial charge on any atom is 0.122 e. The Kier molecular flexibility index (Phi) is 9.16. The Hall–Kier alpha value is -1.02. The van der Waals surface area contributed by atoms with E-state index in [1.165, 1.54) is 62.5 Å². The lowest BCUT2D eigenvalue weighted by molar-refractivity contribution is 0.410. The van der Waals surface area contributed by atoms with Crippen LogP contribution in [0.25, 0.3) is 0 Å². The Morgan fingerprint density at radius 1 is 1.00 bits per heavy atom. The first-order valence-electron chi connectivity index (χ1n) is 8.59. The van der Waals surface area contributed by atoms with Gasteiger partial charge in [0, 0.05) is 6.04 Å². The maximum absolute atomic E-state index is 6.29. The molecule has 0 aliphatic heterocycles.